The van der Waals surface area contributed by atoms with Gasteiger partial charge in [-0.1, -0.05) is 36.4 Å². The molecule has 0 saturated heterocycles. The minimum Gasteiger partial charge on any atom is -0.493 e. The highest BCUT2D eigenvalue weighted by Gasteiger charge is 2.05. The molecule has 3 nitrogen and oxygen atoms in total. The molecule has 0 unspecified atom stereocenters. The van der Waals surface area contributed by atoms with Gasteiger partial charge in [0.25, 0.3) is 0 Å². The summed E-state index contributed by atoms with van der Waals surface area (Å²) in [6, 6.07) is 15.8. The maximum absolute atomic E-state index is 7.12. The number of nitrogens with one attached hydrogen (secondary N) is 1. The molecule has 3 heteroatoms. The van der Waals surface area contributed by atoms with Crippen LogP contribution in [0.4, 0.5) is 0 Å². The van der Waals surface area contributed by atoms with E-state index in [4.69, 9.17) is 14.9 Å². The number of rotatable bonds is 6. The summed E-state index contributed by atoms with van der Waals surface area (Å²) >= 11 is 0. The zero-order valence-electron chi connectivity index (χ0n) is 10.9. The van der Waals surface area contributed by atoms with Crippen molar-refractivity contribution in [1.29, 1.82) is 5.41 Å². The van der Waals surface area contributed by atoms with Gasteiger partial charge in [0.1, 0.15) is 6.61 Å². The van der Waals surface area contributed by atoms with E-state index in [9.17, 15) is 0 Å². The lowest BCUT2D eigenvalue weighted by molar-refractivity contribution is 0.284. The van der Waals surface area contributed by atoms with Crippen LogP contribution in [0.5, 0.6) is 11.5 Å². The summed E-state index contributed by atoms with van der Waals surface area (Å²) in [4.78, 5) is 0. The Bertz CT molecular complexity index is 538. The molecule has 0 heterocycles. The molecule has 0 aliphatic heterocycles. The van der Waals surface area contributed by atoms with Crippen molar-refractivity contribution in [2.75, 3.05) is 7.11 Å². The molecule has 0 aliphatic rings. The lowest BCUT2D eigenvalue weighted by atomic mass is 10.1. The smallest absolute Gasteiger partial charge is 0.161 e. The predicted octanol–water partition coefficient (Wildman–Crippen LogP) is 3.47. The van der Waals surface area contributed by atoms with Crippen molar-refractivity contribution in [1.82, 2.24) is 0 Å². The first-order chi connectivity index (χ1) is 9.33. The van der Waals surface area contributed by atoms with E-state index in [-0.39, 0.29) is 0 Å². The second kappa shape index (κ2) is 6.59. The van der Waals surface area contributed by atoms with Crippen LogP contribution in [0.25, 0.3) is 0 Å². The number of benzene rings is 2. The lowest BCUT2D eigenvalue weighted by Gasteiger charge is -2.11. The molecule has 0 spiro atoms. The Labute approximate surface area is 113 Å². The molecule has 0 radical (unpaired) electrons. The maximum atomic E-state index is 7.12. The van der Waals surface area contributed by atoms with E-state index in [1.165, 1.54) is 6.21 Å². The van der Waals surface area contributed by atoms with Crippen molar-refractivity contribution in [2.45, 2.75) is 13.0 Å². The molecule has 1 N–H and O–H groups in total. The fraction of sp³-hybridized carbons (Fsp3) is 0.188. The molecule has 0 bridgehead atoms. The van der Waals surface area contributed by atoms with Gasteiger partial charge in [-0.15, -0.1) is 0 Å². The summed E-state index contributed by atoms with van der Waals surface area (Å²) in [6.45, 7) is 0.515. The van der Waals surface area contributed by atoms with Gasteiger partial charge in [-0.3, -0.25) is 0 Å². The Kier molecular flexibility index (Phi) is 4.56. The van der Waals surface area contributed by atoms with Crippen LogP contribution >= 0.6 is 0 Å². The standard InChI is InChI=1S/C16H17NO2/c1-18-16-11-13(9-10-17)7-8-15(16)19-12-14-5-3-2-4-6-14/h2-8,10-11,17H,9,12H2,1H3. The second-order valence-corrected chi connectivity index (χ2v) is 4.17. The van der Waals surface area contributed by atoms with E-state index in [2.05, 4.69) is 0 Å². The topological polar surface area (TPSA) is 42.3 Å². The molecule has 98 valence electrons. The number of ether oxygens (including phenoxy) is 2. The monoisotopic (exact) mass is 255 g/mol. The quantitative estimate of drug-likeness (QED) is 0.803. The fourth-order valence-corrected chi connectivity index (χ4v) is 1.81. The molecule has 2 rings (SSSR count). The van der Waals surface area contributed by atoms with Gasteiger partial charge in [0.15, 0.2) is 11.5 Å². The highest BCUT2D eigenvalue weighted by molar-refractivity contribution is 5.59. The van der Waals surface area contributed by atoms with Crippen LogP contribution < -0.4 is 9.47 Å². The first-order valence-corrected chi connectivity index (χ1v) is 6.16. The van der Waals surface area contributed by atoms with E-state index < -0.39 is 0 Å². The minimum absolute atomic E-state index is 0.515. The third kappa shape index (κ3) is 3.58. The van der Waals surface area contributed by atoms with E-state index in [0.29, 0.717) is 18.8 Å². The molecule has 0 atom stereocenters. The zero-order chi connectivity index (χ0) is 13.5. The van der Waals surface area contributed by atoms with E-state index >= 15 is 0 Å². The van der Waals surface area contributed by atoms with Gasteiger partial charge in [-0.25, -0.2) is 0 Å². The molecule has 0 aromatic heterocycles. The summed E-state index contributed by atoms with van der Waals surface area (Å²) < 4.78 is 11.1. The average Bonchev–Trinajstić information content (AvgIpc) is 2.47. The number of hydrogen-bond donors (Lipinski definition) is 1. The van der Waals surface area contributed by atoms with Gasteiger partial charge in [0.05, 0.1) is 7.11 Å². The van der Waals surface area contributed by atoms with Crippen molar-refractivity contribution in [3.05, 3.63) is 59.7 Å². The molecular weight excluding hydrogens is 238 g/mol. The maximum Gasteiger partial charge on any atom is 0.161 e. The number of hydrogen-bond acceptors (Lipinski definition) is 3. The molecule has 2 aromatic carbocycles. The van der Waals surface area contributed by atoms with Gasteiger partial charge in [0.2, 0.25) is 0 Å². The van der Waals surface area contributed by atoms with Crippen LogP contribution in [-0.4, -0.2) is 13.3 Å². The van der Waals surface area contributed by atoms with Crippen LogP contribution in [0.3, 0.4) is 0 Å². The highest BCUT2D eigenvalue weighted by atomic mass is 16.5. The molecule has 0 fully saturated rings. The van der Waals surface area contributed by atoms with Crippen LogP contribution in [0, 0.1) is 5.41 Å². The van der Waals surface area contributed by atoms with Gasteiger partial charge >= 0.3 is 0 Å². The molecule has 2 aromatic rings. The van der Waals surface area contributed by atoms with Crippen molar-refractivity contribution in [2.24, 2.45) is 0 Å². The van der Waals surface area contributed by atoms with Crippen LogP contribution in [0.2, 0.25) is 0 Å². The van der Waals surface area contributed by atoms with Crippen molar-refractivity contribution in [3.63, 3.8) is 0 Å². The summed E-state index contributed by atoms with van der Waals surface area (Å²) in [6.07, 6.45) is 1.98. The van der Waals surface area contributed by atoms with E-state index in [1.807, 2.05) is 48.5 Å². The third-order valence-electron chi connectivity index (χ3n) is 2.80. The average molecular weight is 255 g/mol. The molecular formula is C16H17NO2. The molecule has 19 heavy (non-hydrogen) atoms. The number of methoxy groups -OCH3 is 1. The van der Waals surface area contributed by atoms with E-state index in [0.717, 1.165) is 16.9 Å². The van der Waals surface area contributed by atoms with Gasteiger partial charge in [0, 0.05) is 6.42 Å². The third-order valence-corrected chi connectivity index (χ3v) is 2.80. The van der Waals surface area contributed by atoms with E-state index in [1.54, 1.807) is 7.11 Å². The summed E-state index contributed by atoms with van der Waals surface area (Å²) in [5, 5.41) is 7.12. The van der Waals surface area contributed by atoms with Gasteiger partial charge < -0.3 is 14.9 Å². The minimum atomic E-state index is 0.515. The normalized spacial score (nSPS) is 9.95. The van der Waals surface area contributed by atoms with Crippen LogP contribution in [-0.2, 0) is 13.0 Å². The van der Waals surface area contributed by atoms with Crippen molar-refractivity contribution >= 4 is 6.21 Å². The highest BCUT2D eigenvalue weighted by Crippen LogP contribution is 2.28. The summed E-state index contributed by atoms with van der Waals surface area (Å²) in [5.41, 5.74) is 2.16. The second-order valence-electron chi connectivity index (χ2n) is 4.17. The first kappa shape index (κ1) is 13.1. The molecule has 0 amide bonds. The van der Waals surface area contributed by atoms with Crippen LogP contribution in [0.15, 0.2) is 48.5 Å². The SMILES string of the molecule is COc1cc(CC=N)ccc1OCc1ccccc1. The lowest BCUT2D eigenvalue weighted by Crippen LogP contribution is -1.98. The fourth-order valence-electron chi connectivity index (χ4n) is 1.81. The van der Waals surface area contributed by atoms with Gasteiger partial charge in [-0.05, 0) is 29.5 Å². The zero-order valence-corrected chi connectivity index (χ0v) is 10.9. The Morgan fingerprint density at radius 1 is 1.00 bits per heavy atom. The molecule has 0 saturated carbocycles. The van der Waals surface area contributed by atoms with Crippen molar-refractivity contribution < 1.29 is 9.47 Å². The van der Waals surface area contributed by atoms with Crippen molar-refractivity contribution in [3.8, 4) is 11.5 Å². The Morgan fingerprint density at radius 2 is 1.79 bits per heavy atom. The summed E-state index contributed by atoms with van der Waals surface area (Å²) in [5.74, 6) is 1.43. The Balaban J connectivity index is 2.09. The first-order valence-electron chi connectivity index (χ1n) is 6.16. The van der Waals surface area contributed by atoms with Crippen LogP contribution in [0.1, 0.15) is 11.1 Å². The summed E-state index contributed by atoms with van der Waals surface area (Å²) in [7, 11) is 1.62. The largest absolute Gasteiger partial charge is 0.493 e. The Morgan fingerprint density at radius 3 is 2.47 bits per heavy atom. The predicted molar refractivity (Wildman–Crippen MR) is 76.3 cm³/mol. The molecule has 0 aliphatic carbocycles. The van der Waals surface area contributed by atoms with Gasteiger partial charge in [-0.2, -0.15) is 0 Å². The Hall–Kier alpha value is -2.29.